The highest BCUT2D eigenvalue weighted by Crippen LogP contribution is 2.25. The summed E-state index contributed by atoms with van der Waals surface area (Å²) in [6.45, 7) is 2.51. The molecule has 3 rings (SSSR count). The predicted molar refractivity (Wildman–Crippen MR) is 81.0 cm³/mol. The number of nitrogen functional groups attached to an aromatic ring is 1. The van der Waals surface area contributed by atoms with Gasteiger partial charge in [-0.3, -0.25) is 4.79 Å². The number of carbonyl (C=O) groups is 1. The van der Waals surface area contributed by atoms with Crippen molar-refractivity contribution in [1.29, 1.82) is 0 Å². The van der Waals surface area contributed by atoms with E-state index in [1.807, 2.05) is 36.6 Å². The molecule has 1 amide bonds. The number of anilines is 1. The summed E-state index contributed by atoms with van der Waals surface area (Å²) in [5.41, 5.74) is 9.61. The Morgan fingerprint density at radius 3 is 3.10 bits per heavy atom. The molecule has 0 spiro atoms. The van der Waals surface area contributed by atoms with Crippen molar-refractivity contribution in [2.24, 2.45) is 0 Å². The van der Waals surface area contributed by atoms with Crippen LogP contribution in [0.2, 0.25) is 0 Å². The van der Waals surface area contributed by atoms with Gasteiger partial charge in [0.05, 0.1) is 23.7 Å². The van der Waals surface area contributed by atoms with Gasteiger partial charge in [-0.15, -0.1) is 11.3 Å². The third-order valence-electron chi connectivity index (χ3n) is 3.31. The lowest BCUT2D eigenvalue weighted by molar-refractivity contribution is -0.128. The lowest BCUT2D eigenvalue weighted by Crippen LogP contribution is -2.29. The van der Waals surface area contributed by atoms with E-state index in [-0.39, 0.29) is 5.91 Å². The van der Waals surface area contributed by atoms with Gasteiger partial charge in [-0.05, 0) is 24.6 Å². The maximum Gasteiger partial charge on any atom is 0.232 e. The van der Waals surface area contributed by atoms with Crippen LogP contribution < -0.4 is 5.73 Å². The first kappa shape index (κ1) is 12.9. The molecule has 0 bridgehead atoms. The molecule has 1 aromatic carbocycles. The average Bonchev–Trinajstić information content (AvgIpc) is 2.84. The lowest BCUT2D eigenvalue weighted by Gasteiger charge is -2.24. The number of nitrogens with two attached hydrogens (primary N) is 1. The number of rotatable bonds is 2. The molecule has 1 aliphatic rings. The van der Waals surface area contributed by atoms with Gasteiger partial charge in [-0.1, -0.05) is 12.1 Å². The molecule has 0 atom stereocenters. The molecule has 2 aromatic rings. The maximum atomic E-state index is 12.3. The first-order chi connectivity index (χ1) is 9.63. The summed E-state index contributed by atoms with van der Waals surface area (Å²) in [4.78, 5) is 18.3. The minimum absolute atomic E-state index is 0.0552. The van der Waals surface area contributed by atoms with Gasteiger partial charge < -0.3 is 10.6 Å². The van der Waals surface area contributed by atoms with Gasteiger partial charge >= 0.3 is 0 Å². The van der Waals surface area contributed by atoms with Crippen LogP contribution in [0.4, 0.5) is 5.69 Å². The first-order valence-electron chi connectivity index (χ1n) is 6.39. The molecule has 5 heteroatoms. The molecular formula is C15H15N3OS. The van der Waals surface area contributed by atoms with E-state index in [1.165, 1.54) is 0 Å². The molecule has 0 aliphatic carbocycles. The Labute approximate surface area is 121 Å². The number of hydrogen-bond acceptors (Lipinski definition) is 4. The van der Waals surface area contributed by atoms with E-state index >= 15 is 0 Å². The van der Waals surface area contributed by atoms with Gasteiger partial charge in [-0.2, -0.15) is 0 Å². The zero-order valence-corrected chi connectivity index (χ0v) is 12.0. The normalized spacial score (nSPS) is 13.3. The second-order valence-electron chi connectivity index (χ2n) is 4.79. The monoisotopic (exact) mass is 285 g/mol. The maximum absolute atomic E-state index is 12.3. The second kappa shape index (κ2) is 5.09. The summed E-state index contributed by atoms with van der Waals surface area (Å²) >= 11 is 1.57. The van der Waals surface area contributed by atoms with Crippen molar-refractivity contribution in [3.8, 4) is 0 Å². The van der Waals surface area contributed by atoms with E-state index in [9.17, 15) is 4.79 Å². The summed E-state index contributed by atoms with van der Waals surface area (Å²) in [6.07, 6.45) is 4.05. The highest BCUT2D eigenvalue weighted by atomic mass is 32.1. The number of nitrogens with zero attached hydrogens (tertiary/aromatic N) is 2. The Hall–Kier alpha value is -2.14. The van der Waals surface area contributed by atoms with Gasteiger partial charge in [0.15, 0.2) is 0 Å². The van der Waals surface area contributed by atoms with Gasteiger partial charge in [-0.25, -0.2) is 4.98 Å². The van der Waals surface area contributed by atoms with Gasteiger partial charge in [0.1, 0.15) is 0 Å². The van der Waals surface area contributed by atoms with Crippen molar-refractivity contribution in [3.63, 3.8) is 0 Å². The highest BCUT2D eigenvalue weighted by Gasteiger charge is 2.18. The van der Waals surface area contributed by atoms with Crippen LogP contribution in [0.3, 0.4) is 0 Å². The van der Waals surface area contributed by atoms with E-state index in [2.05, 4.69) is 4.98 Å². The number of carbonyl (C=O) groups excluding carboxylic acids is 1. The number of aromatic nitrogens is 1. The van der Waals surface area contributed by atoms with Crippen LogP contribution in [0.5, 0.6) is 0 Å². The standard InChI is InChI=1S/C15H15N3OS/c1-10-17-12(9-20-10)7-15(19)18-6-5-13-11(8-18)3-2-4-14(13)16/h2-6,9H,7-8,16H2,1H3. The van der Waals surface area contributed by atoms with Crippen LogP contribution in [0, 0.1) is 6.92 Å². The lowest BCUT2D eigenvalue weighted by atomic mass is 10.0. The first-order valence-corrected chi connectivity index (χ1v) is 7.27. The van der Waals surface area contributed by atoms with E-state index in [0.717, 1.165) is 27.5 Å². The topological polar surface area (TPSA) is 59.2 Å². The zero-order valence-electron chi connectivity index (χ0n) is 11.2. The smallest absolute Gasteiger partial charge is 0.232 e. The van der Waals surface area contributed by atoms with Gasteiger partial charge in [0, 0.05) is 22.8 Å². The fraction of sp³-hybridized carbons (Fsp3) is 0.200. The molecule has 0 unspecified atom stereocenters. The molecule has 0 fully saturated rings. The fourth-order valence-corrected chi connectivity index (χ4v) is 2.90. The number of benzene rings is 1. The average molecular weight is 285 g/mol. The second-order valence-corrected chi connectivity index (χ2v) is 5.85. The molecule has 0 saturated carbocycles. The molecule has 1 aromatic heterocycles. The summed E-state index contributed by atoms with van der Waals surface area (Å²) in [5.74, 6) is 0.0552. The Bertz CT molecular complexity index is 690. The number of thiazole rings is 1. The van der Waals surface area contributed by atoms with Crippen LogP contribution in [0.25, 0.3) is 6.08 Å². The molecule has 0 saturated heterocycles. The SMILES string of the molecule is Cc1nc(CC(=O)N2C=Cc3c(N)cccc3C2)cs1. The molecule has 4 nitrogen and oxygen atoms in total. The molecule has 2 N–H and O–H groups in total. The summed E-state index contributed by atoms with van der Waals surface area (Å²) in [6, 6.07) is 5.79. The third kappa shape index (κ3) is 2.44. The van der Waals surface area contributed by atoms with Crippen molar-refractivity contribution < 1.29 is 4.79 Å². The Morgan fingerprint density at radius 1 is 1.50 bits per heavy atom. The zero-order chi connectivity index (χ0) is 14.1. The number of fused-ring (bicyclic) bond motifs is 1. The molecule has 102 valence electrons. The van der Waals surface area contributed by atoms with Gasteiger partial charge in [0.25, 0.3) is 0 Å². The number of hydrogen-bond donors (Lipinski definition) is 1. The molecule has 1 aliphatic heterocycles. The van der Waals surface area contributed by atoms with Crippen LogP contribution in [-0.4, -0.2) is 15.8 Å². The van der Waals surface area contributed by atoms with Crippen molar-refractivity contribution in [1.82, 2.24) is 9.88 Å². The highest BCUT2D eigenvalue weighted by molar-refractivity contribution is 7.09. The van der Waals surface area contributed by atoms with Gasteiger partial charge in [0.2, 0.25) is 5.91 Å². The van der Waals surface area contributed by atoms with Crippen LogP contribution in [-0.2, 0) is 17.8 Å². The quantitative estimate of drug-likeness (QED) is 0.863. The van der Waals surface area contributed by atoms with Crippen LogP contribution in [0.15, 0.2) is 29.8 Å². The summed E-state index contributed by atoms with van der Waals surface area (Å²) in [7, 11) is 0. The molecule has 20 heavy (non-hydrogen) atoms. The number of aryl methyl sites for hydroxylation is 1. The summed E-state index contributed by atoms with van der Waals surface area (Å²) in [5, 5.41) is 2.92. The molecule has 0 radical (unpaired) electrons. The minimum atomic E-state index is 0.0552. The third-order valence-corrected chi connectivity index (χ3v) is 4.13. The van der Waals surface area contributed by atoms with Crippen molar-refractivity contribution in [3.05, 3.63) is 51.6 Å². The number of amides is 1. The van der Waals surface area contributed by atoms with Crippen molar-refractivity contribution in [2.45, 2.75) is 19.9 Å². The largest absolute Gasteiger partial charge is 0.398 e. The van der Waals surface area contributed by atoms with Crippen LogP contribution >= 0.6 is 11.3 Å². The van der Waals surface area contributed by atoms with E-state index in [1.54, 1.807) is 22.4 Å². The van der Waals surface area contributed by atoms with Crippen molar-refractivity contribution in [2.75, 3.05) is 5.73 Å². The van der Waals surface area contributed by atoms with E-state index < -0.39 is 0 Å². The fourth-order valence-electron chi connectivity index (χ4n) is 2.29. The molecular weight excluding hydrogens is 270 g/mol. The Morgan fingerprint density at radius 2 is 2.35 bits per heavy atom. The Kier molecular flexibility index (Phi) is 3.28. The molecule has 2 heterocycles. The summed E-state index contributed by atoms with van der Waals surface area (Å²) < 4.78 is 0. The predicted octanol–water partition coefficient (Wildman–Crippen LogP) is 2.59. The minimum Gasteiger partial charge on any atom is -0.398 e. The van der Waals surface area contributed by atoms with Crippen molar-refractivity contribution >= 4 is 29.0 Å². The van der Waals surface area contributed by atoms with E-state index in [0.29, 0.717) is 13.0 Å². The van der Waals surface area contributed by atoms with Crippen LogP contribution in [0.1, 0.15) is 21.8 Å². The van der Waals surface area contributed by atoms with E-state index in [4.69, 9.17) is 5.73 Å². The Balaban J connectivity index is 1.76.